The molecule has 0 aliphatic carbocycles. The topological polar surface area (TPSA) is 69.4 Å². The highest BCUT2D eigenvalue weighted by Crippen LogP contribution is 2.41. The number of hydrazine groups is 1. The van der Waals surface area contributed by atoms with Crippen molar-refractivity contribution in [1.29, 1.82) is 0 Å². The van der Waals surface area contributed by atoms with Crippen LogP contribution in [0.4, 0.5) is 0 Å². The third-order valence-electron chi connectivity index (χ3n) is 2.93. The smallest absolute Gasteiger partial charge is 0.142 e. The van der Waals surface area contributed by atoms with Crippen molar-refractivity contribution in [2.24, 2.45) is 5.84 Å². The lowest BCUT2D eigenvalue weighted by atomic mass is 10.0. The molecule has 0 amide bonds. The molecule has 5 nitrogen and oxygen atoms in total. The number of hydrogen-bond donors (Lipinski definition) is 2. The second kappa shape index (κ2) is 6.53. The van der Waals surface area contributed by atoms with Gasteiger partial charge in [-0.05, 0) is 35.0 Å². The van der Waals surface area contributed by atoms with E-state index < -0.39 is 0 Å². The van der Waals surface area contributed by atoms with Gasteiger partial charge in [-0.25, -0.2) is 10.4 Å². The Morgan fingerprint density at radius 3 is 2.60 bits per heavy atom. The van der Waals surface area contributed by atoms with Crippen molar-refractivity contribution in [3.63, 3.8) is 0 Å². The number of nitrogens with two attached hydrogens (primary N) is 1. The fourth-order valence-corrected chi connectivity index (χ4v) is 3.32. The molecule has 7 heteroatoms. The summed E-state index contributed by atoms with van der Waals surface area (Å²) in [5, 5.41) is 2.98. The lowest BCUT2D eigenvalue weighted by Gasteiger charge is -2.19. The molecule has 108 valence electrons. The van der Waals surface area contributed by atoms with E-state index in [1.807, 2.05) is 24.4 Å². The van der Waals surface area contributed by atoms with Gasteiger partial charge in [-0.15, -0.1) is 11.3 Å². The molecule has 1 heterocycles. The maximum Gasteiger partial charge on any atom is 0.142 e. The minimum absolute atomic E-state index is 0.239. The molecule has 3 N–H and O–H groups in total. The predicted molar refractivity (Wildman–Crippen MR) is 83.3 cm³/mol. The number of benzene rings is 1. The van der Waals surface area contributed by atoms with Gasteiger partial charge in [0.2, 0.25) is 0 Å². The minimum atomic E-state index is -0.239. The monoisotopic (exact) mass is 357 g/mol. The lowest BCUT2D eigenvalue weighted by molar-refractivity contribution is 0.382. The van der Waals surface area contributed by atoms with Crippen LogP contribution in [0.15, 0.2) is 22.0 Å². The van der Waals surface area contributed by atoms with Crippen LogP contribution in [-0.4, -0.2) is 19.2 Å². The molecule has 1 atom stereocenters. The van der Waals surface area contributed by atoms with E-state index in [4.69, 9.17) is 15.3 Å². The first-order valence-corrected chi connectivity index (χ1v) is 7.58. The molecule has 0 spiro atoms. The number of methoxy groups -OCH3 is 2. The zero-order valence-corrected chi connectivity index (χ0v) is 13.8. The van der Waals surface area contributed by atoms with Crippen LogP contribution >= 0.6 is 27.3 Å². The summed E-state index contributed by atoms with van der Waals surface area (Å²) in [5.74, 6) is 7.09. The Hall–Kier alpha value is -1.15. The molecular weight excluding hydrogens is 342 g/mol. The van der Waals surface area contributed by atoms with Crippen LogP contribution in [0.5, 0.6) is 11.5 Å². The second-order valence-corrected chi connectivity index (χ2v) is 5.95. The second-order valence-electron chi connectivity index (χ2n) is 4.10. The number of aryl methyl sites for hydroxylation is 1. The van der Waals surface area contributed by atoms with Crippen LogP contribution < -0.4 is 20.7 Å². The molecule has 0 bridgehead atoms. The maximum atomic E-state index is 5.70. The molecule has 0 aliphatic heterocycles. The van der Waals surface area contributed by atoms with Crippen molar-refractivity contribution in [3.05, 3.63) is 38.3 Å². The highest BCUT2D eigenvalue weighted by molar-refractivity contribution is 9.10. The average molecular weight is 358 g/mol. The molecule has 1 aromatic carbocycles. The number of thiazole rings is 1. The number of nitrogens with zero attached hydrogens (tertiary/aromatic N) is 1. The minimum Gasteiger partial charge on any atom is -0.495 e. The first kappa shape index (κ1) is 15.2. The van der Waals surface area contributed by atoms with Gasteiger partial charge in [-0.3, -0.25) is 5.84 Å². The summed E-state index contributed by atoms with van der Waals surface area (Å²) in [4.78, 5) is 4.48. The van der Waals surface area contributed by atoms with Crippen LogP contribution in [0.3, 0.4) is 0 Å². The molecule has 1 aromatic heterocycles. The van der Waals surface area contributed by atoms with E-state index in [-0.39, 0.29) is 6.04 Å². The standard InChI is InChI=1S/C13H16BrN3O2S/c1-7-16-9(6-20-7)12(17-15)8-4-5-10(18-2)11(14)13(8)19-3/h4-6,12,17H,15H2,1-3H3. The van der Waals surface area contributed by atoms with Crippen molar-refractivity contribution in [2.75, 3.05) is 14.2 Å². The predicted octanol–water partition coefficient (Wildman–Crippen LogP) is 2.78. The van der Waals surface area contributed by atoms with E-state index in [1.54, 1.807) is 25.6 Å². The number of halogens is 1. The van der Waals surface area contributed by atoms with Gasteiger partial charge in [0, 0.05) is 10.9 Å². The molecule has 0 fully saturated rings. The van der Waals surface area contributed by atoms with E-state index in [9.17, 15) is 0 Å². The summed E-state index contributed by atoms with van der Waals surface area (Å²) in [5.41, 5.74) is 4.55. The SMILES string of the molecule is COc1ccc(C(NN)c2csc(C)n2)c(OC)c1Br. The largest absolute Gasteiger partial charge is 0.495 e. The van der Waals surface area contributed by atoms with Crippen LogP contribution in [0.1, 0.15) is 22.3 Å². The Kier molecular flexibility index (Phi) is 4.98. The van der Waals surface area contributed by atoms with Crippen molar-refractivity contribution in [2.45, 2.75) is 13.0 Å². The first-order chi connectivity index (χ1) is 9.62. The number of nitrogens with one attached hydrogen (secondary N) is 1. The van der Waals surface area contributed by atoms with E-state index in [0.717, 1.165) is 20.7 Å². The fraction of sp³-hybridized carbons (Fsp3) is 0.308. The summed E-state index contributed by atoms with van der Waals surface area (Å²) in [6.45, 7) is 1.96. The van der Waals surface area contributed by atoms with E-state index in [2.05, 4.69) is 26.3 Å². The van der Waals surface area contributed by atoms with E-state index in [1.165, 1.54) is 0 Å². The van der Waals surface area contributed by atoms with Crippen LogP contribution in [0.25, 0.3) is 0 Å². The van der Waals surface area contributed by atoms with Crippen molar-refractivity contribution in [3.8, 4) is 11.5 Å². The summed E-state index contributed by atoms with van der Waals surface area (Å²) < 4.78 is 11.5. The van der Waals surface area contributed by atoms with E-state index >= 15 is 0 Å². The van der Waals surface area contributed by atoms with Gasteiger partial charge in [0.15, 0.2) is 0 Å². The van der Waals surface area contributed by atoms with Gasteiger partial charge in [-0.1, -0.05) is 0 Å². The van der Waals surface area contributed by atoms with Gasteiger partial charge in [0.25, 0.3) is 0 Å². The molecule has 20 heavy (non-hydrogen) atoms. The van der Waals surface area contributed by atoms with Crippen molar-refractivity contribution in [1.82, 2.24) is 10.4 Å². The van der Waals surface area contributed by atoms with Gasteiger partial charge in [0.1, 0.15) is 16.0 Å². The Balaban J connectivity index is 2.52. The first-order valence-electron chi connectivity index (χ1n) is 5.90. The molecule has 2 rings (SSSR count). The summed E-state index contributed by atoms with van der Waals surface area (Å²) in [6.07, 6.45) is 0. The van der Waals surface area contributed by atoms with Gasteiger partial charge in [-0.2, -0.15) is 0 Å². The van der Waals surface area contributed by atoms with Gasteiger partial charge in [0.05, 0.1) is 31.0 Å². The van der Waals surface area contributed by atoms with Crippen LogP contribution in [0.2, 0.25) is 0 Å². The zero-order valence-electron chi connectivity index (χ0n) is 11.4. The summed E-state index contributed by atoms with van der Waals surface area (Å²) in [6, 6.07) is 3.55. The Morgan fingerprint density at radius 1 is 1.35 bits per heavy atom. The molecule has 0 saturated heterocycles. The highest BCUT2D eigenvalue weighted by Gasteiger charge is 2.22. The third kappa shape index (κ3) is 2.80. The van der Waals surface area contributed by atoms with Crippen molar-refractivity contribution >= 4 is 27.3 Å². The van der Waals surface area contributed by atoms with E-state index in [0.29, 0.717) is 11.5 Å². The van der Waals surface area contributed by atoms with Gasteiger partial charge >= 0.3 is 0 Å². The molecular formula is C13H16BrN3O2S. The average Bonchev–Trinajstić information content (AvgIpc) is 2.86. The molecule has 0 aliphatic rings. The Labute approximate surface area is 130 Å². The zero-order chi connectivity index (χ0) is 14.7. The fourth-order valence-electron chi connectivity index (χ4n) is 1.99. The lowest BCUT2D eigenvalue weighted by Crippen LogP contribution is -2.29. The highest BCUT2D eigenvalue weighted by atomic mass is 79.9. The Morgan fingerprint density at radius 2 is 2.10 bits per heavy atom. The molecule has 0 saturated carbocycles. The maximum absolute atomic E-state index is 5.70. The summed E-state index contributed by atoms with van der Waals surface area (Å²) >= 11 is 5.08. The van der Waals surface area contributed by atoms with Crippen molar-refractivity contribution < 1.29 is 9.47 Å². The summed E-state index contributed by atoms with van der Waals surface area (Å²) in [7, 11) is 3.23. The molecule has 1 unspecified atom stereocenters. The van der Waals surface area contributed by atoms with Crippen LogP contribution in [-0.2, 0) is 0 Å². The normalized spacial score (nSPS) is 12.2. The quantitative estimate of drug-likeness (QED) is 0.635. The number of ether oxygens (including phenoxy) is 2. The molecule has 0 radical (unpaired) electrons. The Bertz CT molecular complexity index is 603. The van der Waals surface area contributed by atoms with Crippen LogP contribution in [0, 0.1) is 6.92 Å². The number of aromatic nitrogens is 1. The number of rotatable bonds is 5. The number of hydrogen-bond acceptors (Lipinski definition) is 6. The molecule has 2 aromatic rings. The third-order valence-corrected chi connectivity index (χ3v) is 4.47. The van der Waals surface area contributed by atoms with Gasteiger partial charge < -0.3 is 9.47 Å².